The van der Waals surface area contributed by atoms with Crippen molar-refractivity contribution in [3.8, 4) is 0 Å². The van der Waals surface area contributed by atoms with Crippen molar-refractivity contribution in [2.24, 2.45) is 0 Å². The van der Waals surface area contributed by atoms with Gasteiger partial charge >= 0.3 is 0 Å². The van der Waals surface area contributed by atoms with Crippen molar-refractivity contribution in [1.82, 2.24) is 0 Å². The second kappa shape index (κ2) is 9.21. The number of aliphatic hydroxyl groups is 5. The van der Waals surface area contributed by atoms with Gasteiger partial charge in [0.15, 0.2) is 0 Å². The van der Waals surface area contributed by atoms with E-state index in [1.54, 1.807) is 13.8 Å². The Morgan fingerprint density at radius 2 is 1.56 bits per heavy atom. The second-order valence-corrected chi connectivity index (χ2v) is 9.96. The first-order valence-corrected chi connectivity index (χ1v) is 11.4. The van der Waals surface area contributed by atoms with Crippen LogP contribution in [0.15, 0.2) is 42.5 Å². The lowest BCUT2D eigenvalue weighted by Gasteiger charge is -2.40. The average molecular weight is 443 g/mol. The SMILES string of the molecule is CC(C)(O)Cc1ccc(Cc2cc([C@@H]3O[C@H](CO)[C@@H](O)[C@H](O)[C@H]3O)ccc2C2CC2)cc1. The Morgan fingerprint density at radius 1 is 0.906 bits per heavy atom. The van der Waals surface area contributed by atoms with Gasteiger partial charge in [-0.25, -0.2) is 0 Å². The molecule has 1 heterocycles. The Balaban J connectivity index is 1.59. The Bertz CT molecular complexity index is 913. The van der Waals surface area contributed by atoms with Crippen LogP contribution in [0.25, 0.3) is 0 Å². The van der Waals surface area contributed by atoms with E-state index in [9.17, 15) is 25.5 Å². The second-order valence-electron chi connectivity index (χ2n) is 9.96. The maximum atomic E-state index is 10.5. The molecule has 0 unspecified atom stereocenters. The van der Waals surface area contributed by atoms with Crippen LogP contribution in [0.2, 0.25) is 0 Å². The Kier molecular flexibility index (Phi) is 6.73. The lowest BCUT2D eigenvalue weighted by Crippen LogP contribution is -2.55. The van der Waals surface area contributed by atoms with Gasteiger partial charge in [0.25, 0.3) is 0 Å². The van der Waals surface area contributed by atoms with Crippen LogP contribution in [-0.4, -0.2) is 62.2 Å². The van der Waals surface area contributed by atoms with Gasteiger partial charge in [-0.15, -0.1) is 0 Å². The summed E-state index contributed by atoms with van der Waals surface area (Å²) in [5, 5.41) is 50.3. The van der Waals surface area contributed by atoms with Crippen molar-refractivity contribution in [1.29, 1.82) is 0 Å². The molecule has 2 fully saturated rings. The van der Waals surface area contributed by atoms with E-state index in [1.165, 1.54) is 5.56 Å². The number of aliphatic hydroxyl groups excluding tert-OH is 4. The molecule has 0 aromatic heterocycles. The van der Waals surface area contributed by atoms with Crippen molar-refractivity contribution in [2.45, 2.75) is 81.6 Å². The van der Waals surface area contributed by atoms with E-state index < -0.39 is 42.7 Å². The molecule has 2 aromatic rings. The molecule has 5 N–H and O–H groups in total. The fraction of sp³-hybridized carbons (Fsp3) is 0.538. The lowest BCUT2D eigenvalue weighted by atomic mass is 9.88. The van der Waals surface area contributed by atoms with Crippen LogP contribution in [0.3, 0.4) is 0 Å². The molecule has 1 aliphatic carbocycles. The van der Waals surface area contributed by atoms with Gasteiger partial charge in [-0.2, -0.15) is 0 Å². The van der Waals surface area contributed by atoms with E-state index in [-0.39, 0.29) is 0 Å². The lowest BCUT2D eigenvalue weighted by molar-refractivity contribution is -0.231. The first-order chi connectivity index (χ1) is 15.2. The first-order valence-electron chi connectivity index (χ1n) is 11.4. The minimum Gasteiger partial charge on any atom is -0.394 e. The van der Waals surface area contributed by atoms with Gasteiger partial charge in [0.1, 0.15) is 30.5 Å². The summed E-state index contributed by atoms with van der Waals surface area (Å²) in [5.74, 6) is 0.545. The summed E-state index contributed by atoms with van der Waals surface area (Å²) in [6, 6.07) is 14.3. The van der Waals surface area contributed by atoms with Crippen LogP contribution in [0.5, 0.6) is 0 Å². The van der Waals surface area contributed by atoms with E-state index in [1.807, 2.05) is 24.3 Å². The van der Waals surface area contributed by atoms with Gasteiger partial charge in [-0.1, -0.05) is 42.5 Å². The quantitative estimate of drug-likeness (QED) is 0.449. The van der Waals surface area contributed by atoms with Crippen LogP contribution in [0, 0.1) is 0 Å². The molecule has 1 saturated heterocycles. The molecule has 5 atom stereocenters. The molecule has 2 aromatic carbocycles. The largest absolute Gasteiger partial charge is 0.394 e. The molecule has 1 aliphatic heterocycles. The van der Waals surface area contributed by atoms with E-state index in [0.717, 1.165) is 41.5 Å². The topological polar surface area (TPSA) is 110 Å². The van der Waals surface area contributed by atoms with Crippen molar-refractivity contribution >= 4 is 0 Å². The molecule has 32 heavy (non-hydrogen) atoms. The number of benzene rings is 2. The monoisotopic (exact) mass is 442 g/mol. The Labute approximate surface area is 189 Å². The third-order valence-corrected chi connectivity index (χ3v) is 6.46. The van der Waals surface area contributed by atoms with E-state index in [2.05, 4.69) is 18.2 Å². The zero-order valence-corrected chi connectivity index (χ0v) is 18.7. The molecule has 4 rings (SSSR count). The fourth-order valence-corrected chi connectivity index (χ4v) is 4.62. The van der Waals surface area contributed by atoms with Gasteiger partial charge in [-0.05, 0) is 66.8 Å². The summed E-state index contributed by atoms with van der Waals surface area (Å²) in [5.41, 5.74) is 4.65. The maximum absolute atomic E-state index is 10.5. The normalized spacial score (nSPS) is 28.7. The van der Waals surface area contributed by atoms with Crippen molar-refractivity contribution in [2.75, 3.05) is 6.61 Å². The highest BCUT2D eigenvalue weighted by Crippen LogP contribution is 2.43. The van der Waals surface area contributed by atoms with Gasteiger partial charge in [0, 0.05) is 6.42 Å². The summed E-state index contributed by atoms with van der Waals surface area (Å²) < 4.78 is 5.77. The molecular formula is C26H34O6. The summed E-state index contributed by atoms with van der Waals surface area (Å²) >= 11 is 0. The highest BCUT2D eigenvalue weighted by Gasteiger charge is 2.44. The van der Waals surface area contributed by atoms with Crippen molar-refractivity contribution in [3.63, 3.8) is 0 Å². The van der Waals surface area contributed by atoms with Gasteiger partial charge in [-0.3, -0.25) is 0 Å². The van der Waals surface area contributed by atoms with Crippen LogP contribution < -0.4 is 0 Å². The summed E-state index contributed by atoms with van der Waals surface area (Å²) in [6.07, 6.45) is -2.14. The zero-order valence-electron chi connectivity index (χ0n) is 18.7. The van der Waals surface area contributed by atoms with Gasteiger partial charge in [0.05, 0.1) is 12.2 Å². The predicted octanol–water partition coefficient (Wildman–Crippen LogP) is 1.98. The van der Waals surface area contributed by atoms with Gasteiger partial charge < -0.3 is 30.3 Å². The van der Waals surface area contributed by atoms with E-state index in [4.69, 9.17) is 4.74 Å². The molecule has 2 aliphatic rings. The number of rotatable bonds is 7. The molecule has 6 heteroatoms. The number of ether oxygens (including phenoxy) is 1. The van der Waals surface area contributed by atoms with Crippen molar-refractivity contribution in [3.05, 3.63) is 70.3 Å². The molecule has 0 bridgehead atoms. The minimum atomic E-state index is -1.39. The predicted molar refractivity (Wildman–Crippen MR) is 120 cm³/mol. The van der Waals surface area contributed by atoms with Crippen molar-refractivity contribution < 1.29 is 30.3 Å². The summed E-state index contributed by atoms with van der Waals surface area (Å²) in [4.78, 5) is 0. The molecular weight excluding hydrogens is 408 g/mol. The Morgan fingerprint density at radius 3 is 2.16 bits per heavy atom. The highest BCUT2D eigenvalue weighted by atomic mass is 16.5. The molecule has 6 nitrogen and oxygen atoms in total. The molecule has 0 spiro atoms. The molecule has 1 saturated carbocycles. The number of hydrogen-bond acceptors (Lipinski definition) is 6. The van der Waals surface area contributed by atoms with Crippen LogP contribution in [-0.2, 0) is 17.6 Å². The van der Waals surface area contributed by atoms with E-state index >= 15 is 0 Å². The smallest absolute Gasteiger partial charge is 0.113 e. The molecule has 174 valence electrons. The average Bonchev–Trinajstić information content (AvgIpc) is 3.58. The number of hydrogen-bond donors (Lipinski definition) is 5. The zero-order chi connectivity index (χ0) is 23.0. The first kappa shape index (κ1) is 23.4. The summed E-state index contributed by atoms with van der Waals surface area (Å²) in [6.45, 7) is 3.16. The third-order valence-electron chi connectivity index (χ3n) is 6.46. The standard InChI is InChI=1S/C26H34O6/c1-26(2,31)13-16-5-3-15(4-6-16)11-19-12-18(9-10-20(19)17-7-8-17)25-24(30)23(29)22(28)21(14-27)32-25/h3-6,9-10,12,17,21-25,27-31H,7-8,11,13-14H2,1-2H3/t21-,22-,23+,24-,25+/m1/s1. The minimum absolute atomic E-state index is 0.439. The summed E-state index contributed by atoms with van der Waals surface area (Å²) in [7, 11) is 0. The van der Waals surface area contributed by atoms with Crippen LogP contribution in [0.1, 0.15) is 66.5 Å². The van der Waals surface area contributed by atoms with Crippen LogP contribution in [0.4, 0.5) is 0 Å². The Hall–Kier alpha value is -1.80. The van der Waals surface area contributed by atoms with E-state index in [0.29, 0.717) is 12.3 Å². The van der Waals surface area contributed by atoms with Crippen LogP contribution >= 0.6 is 0 Å². The molecule has 0 radical (unpaired) electrons. The third kappa shape index (κ3) is 5.22. The maximum Gasteiger partial charge on any atom is 0.113 e. The van der Waals surface area contributed by atoms with Gasteiger partial charge in [0.2, 0.25) is 0 Å². The highest BCUT2D eigenvalue weighted by molar-refractivity contribution is 5.41. The molecule has 0 amide bonds. The fourth-order valence-electron chi connectivity index (χ4n) is 4.62.